The number of oxime groups is 1. The van der Waals surface area contributed by atoms with E-state index in [1.54, 1.807) is 18.6 Å². The predicted molar refractivity (Wildman–Crippen MR) is 62.9 cm³/mol. The lowest BCUT2D eigenvalue weighted by atomic mass is 10.4. The Morgan fingerprint density at radius 1 is 1.18 bits per heavy atom. The van der Waals surface area contributed by atoms with E-state index in [-0.39, 0.29) is 5.84 Å². The molecule has 86 valence electrons. The average molecular weight is 247 g/mol. The van der Waals surface area contributed by atoms with Crippen LogP contribution >= 0.6 is 11.8 Å². The Morgan fingerprint density at radius 2 is 1.88 bits per heavy atom. The molecule has 0 saturated carbocycles. The summed E-state index contributed by atoms with van der Waals surface area (Å²) in [4.78, 5) is 13.1. The second-order valence-corrected chi connectivity index (χ2v) is 4.04. The summed E-state index contributed by atoms with van der Waals surface area (Å²) in [5, 5.41) is 12.2. The van der Waals surface area contributed by atoms with Gasteiger partial charge in [0.25, 0.3) is 0 Å². The summed E-state index contributed by atoms with van der Waals surface area (Å²) in [5.74, 6) is -0.0605. The van der Waals surface area contributed by atoms with Crippen molar-refractivity contribution in [3.63, 3.8) is 0 Å². The van der Waals surface area contributed by atoms with E-state index in [1.807, 2.05) is 12.1 Å². The lowest BCUT2D eigenvalue weighted by Gasteiger charge is -2.04. The smallest absolute Gasteiger partial charge is 0.191 e. The molecule has 2 heterocycles. The molecule has 0 aliphatic carbocycles. The third kappa shape index (κ3) is 2.70. The Kier molecular flexibility index (Phi) is 3.51. The third-order valence-electron chi connectivity index (χ3n) is 1.88. The van der Waals surface area contributed by atoms with Crippen LogP contribution in [-0.2, 0) is 0 Å². The molecule has 0 saturated heterocycles. The van der Waals surface area contributed by atoms with E-state index in [0.29, 0.717) is 10.7 Å². The van der Waals surface area contributed by atoms with Gasteiger partial charge in [0.05, 0.1) is 0 Å². The summed E-state index contributed by atoms with van der Waals surface area (Å²) in [6, 6.07) is 3.69. The normalized spacial score (nSPS) is 11.4. The fourth-order valence-electron chi connectivity index (χ4n) is 1.14. The Bertz CT molecular complexity index is 531. The molecule has 6 nitrogen and oxygen atoms in total. The van der Waals surface area contributed by atoms with Gasteiger partial charge in [0, 0.05) is 29.7 Å². The maximum atomic E-state index is 8.65. The Hall–Kier alpha value is -2.15. The van der Waals surface area contributed by atoms with Gasteiger partial charge in [-0.1, -0.05) is 16.9 Å². The van der Waals surface area contributed by atoms with Crippen molar-refractivity contribution in [2.75, 3.05) is 0 Å². The molecule has 0 aliphatic heterocycles. The molecule has 3 N–H and O–H groups in total. The minimum absolute atomic E-state index is 0.0605. The predicted octanol–water partition coefficient (Wildman–Crippen LogP) is 1.12. The molecule has 2 aromatic rings. The third-order valence-corrected chi connectivity index (χ3v) is 2.88. The second kappa shape index (κ2) is 5.26. The van der Waals surface area contributed by atoms with Gasteiger partial charge >= 0.3 is 0 Å². The van der Waals surface area contributed by atoms with E-state index in [2.05, 4.69) is 20.1 Å². The molecular weight excluding hydrogens is 238 g/mol. The summed E-state index contributed by atoms with van der Waals surface area (Å²) in [5.41, 5.74) is 5.88. The molecule has 0 bridgehead atoms. The first-order valence-corrected chi connectivity index (χ1v) is 5.49. The van der Waals surface area contributed by atoms with Gasteiger partial charge in [0.2, 0.25) is 0 Å². The summed E-state index contributed by atoms with van der Waals surface area (Å²) in [7, 11) is 0. The highest BCUT2D eigenvalue weighted by atomic mass is 32.2. The SMILES string of the molecule is NC(=NO)c1nccnc1Sc1ccncc1. The molecule has 0 atom stereocenters. The van der Waals surface area contributed by atoms with Crippen LogP contribution < -0.4 is 5.73 Å². The van der Waals surface area contributed by atoms with Crippen LogP contribution in [0.2, 0.25) is 0 Å². The highest BCUT2D eigenvalue weighted by molar-refractivity contribution is 7.99. The van der Waals surface area contributed by atoms with Crippen molar-refractivity contribution in [3.8, 4) is 0 Å². The van der Waals surface area contributed by atoms with Crippen molar-refractivity contribution in [1.82, 2.24) is 15.0 Å². The van der Waals surface area contributed by atoms with Crippen molar-refractivity contribution in [2.45, 2.75) is 9.92 Å². The Labute approximate surface area is 102 Å². The van der Waals surface area contributed by atoms with Crippen molar-refractivity contribution in [1.29, 1.82) is 0 Å². The van der Waals surface area contributed by atoms with Crippen LogP contribution in [0, 0.1) is 0 Å². The highest BCUT2D eigenvalue weighted by Gasteiger charge is 2.10. The summed E-state index contributed by atoms with van der Waals surface area (Å²) < 4.78 is 0. The molecule has 17 heavy (non-hydrogen) atoms. The fourth-order valence-corrected chi connectivity index (χ4v) is 1.99. The largest absolute Gasteiger partial charge is 0.409 e. The van der Waals surface area contributed by atoms with Crippen LogP contribution in [0.5, 0.6) is 0 Å². The molecule has 0 unspecified atom stereocenters. The number of nitrogens with zero attached hydrogens (tertiary/aromatic N) is 4. The van der Waals surface area contributed by atoms with Crippen LogP contribution in [0.15, 0.2) is 52.0 Å². The van der Waals surface area contributed by atoms with Crippen LogP contribution in [0.4, 0.5) is 0 Å². The van der Waals surface area contributed by atoms with Crippen molar-refractivity contribution in [3.05, 3.63) is 42.6 Å². The molecule has 0 amide bonds. The molecule has 7 heteroatoms. The van der Waals surface area contributed by atoms with E-state index in [4.69, 9.17) is 10.9 Å². The molecular formula is C10H9N5OS. The summed E-state index contributed by atoms with van der Waals surface area (Å²) in [6.45, 7) is 0. The first-order valence-electron chi connectivity index (χ1n) is 4.68. The molecule has 0 fully saturated rings. The Morgan fingerprint density at radius 3 is 2.59 bits per heavy atom. The van der Waals surface area contributed by atoms with E-state index >= 15 is 0 Å². The van der Waals surface area contributed by atoms with Crippen molar-refractivity contribution in [2.24, 2.45) is 10.9 Å². The molecule has 0 spiro atoms. The van der Waals surface area contributed by atoms with Crippen molar-refractivity contribution < 1.29 is 5.21 Å². The maximum absolute atomic E-state index is 8.65. The lowest BCUT2D eigenvalue weighted by Crippen LogP contribution is -2.16. The van der Waals surface area contributed by atoms with Gasteiger partial charge in [0.15, 0.2) is 5.84 Å². The average Bonchev–Trinajstić information content (AvgIpc) is 2.40. The zero-order valence-electron chi connectivity index (χ0n) is 8.69. The van der Waals surface area contributed by atoms with E-state index in [1.165, 1.54) is 18.0 Å². The molecule has 2 rings (SSSR count). The number of hydrogen-bond acceptors (Lipinski definition) is 6. The monoisotopic (exact) mass is 247 g/mol. The molecule has 0 aliphatic rings. The van der Waals surface area contributed by atoms with Gasteiger partial charge in [-0.2, -0.15) is 0 Å². The molecule has 0 radical (unpaired) electrons. The van der Waals surface area contributed by atoms with E-state index in [9.17, 15) is 0 Å². The lowest BCUT2D eigenvalue weighted by molar-refractivity contribution is 0.318. The van der Waals surface area contributed by atoms with Crippen LogP contribution in [0.3, 0.4) is 0 Å². The zero-order chi connectivity index (χ0) is 12.1. The quantitative estimate of drug-likeness (QED) is 0.365. The number of amidine groups is 1. The summed E-state index contributed by atoms with van der Waals surface area (Å²) in [6.07, 6.45) is 6.41. The van der Waals surface area contributed by atoms with Gasteiger partial charge in [0.1, 0.15) is 10.7 Å². The number of hydrogen-bond donors (Lipinski definition) is 2. The second-order valence-electron chi connectivity index (χ2n) is 2.98. The van der Waals surface area contributed by atoms with Crippen LogP contribution in [-0.4, -0.2) is 26.0 Å². The van der Waals surface area contributed by atoms with Gasteiger partial charge in [-0.15, -0.1) is 0 Å². The van der Waals surface area contributed by atoms with E-state index < -0.39 is 0 Å². The minimum Gasteiger partial charge on any atom is -0.409 e. The highest BCUT2D eigenvalue weighted by Crippen LogP contribution is 2.26. The van der Waals surface area contributed by atoms with Crippen LogP contribution in [0.1, 0.15) is 5.69 Å². The van der Waals surface area contributed by atoms with Gasteiger partial charge in [-0.3, -0.25) is 4.98 Å². The maximum Gasteiger partial charge on any atom is 0.191 e. The van der Waals surface area contributed by atoms with Gasteiger partial charge < -0.3 is 10.9 Å². The zero-order valence-corrected chi connectivity index (χ0v) is 9.50. The van der Waals surface area contributed by atoms with E-state index in [0.717, 1.165) is 4.90 Å². The fraction of sp³-hybridized carbons (Fsp3) is 0. The topological polar surface area (TPSA) is 97.3 Å². The standard InChI is InChI=1S/C10H9N5OS/c11-9(15-16)8-10(14-6-5-13-8)17-7-1-3-12-4-2-7/h1-6,16H,(H2,11,15). The number of aromatic nitrogens is 3. The molecule has 0 aromatic carbocycles. The van der Waals surface area contributed by atoms with Gasteiger partial charge in [-0.25, -0.2) is 9.97 Å². The van der Waals surface area contributed by atoms with Crippen LogP contribution in [0.25, 0.3) is 0 Å². The molecule has 2 aromatic heterocycles. The number of nitrogens with two attached hydrogens (primary N) is 1. The van der Waals surface area contributed by atoms with Gasteiger partial charge in [-0.05, 0) is 12.1 Å². The number of pyridine rings is 1. The first kappa shape index (κ1) is 11.3. The number of rotatable bonds is 3. The van der Waals surface area contributed by atoms with Crippen molar-refractivity contribution >= 4 is 17.6 Å². The Balaban J connectivity index is 2.33. The minimum atomic E-state index is -0.0605. The first-order chi connectivity index (χ1) is 8.31. The summed E-state index contributed by atoms with van der Waals surface area (Å²) >= 11 is 1.37.